The lowest BCUT2D eigenvalue weighted by atomic mass is 10.1. The van der Waals surface area contributed by atoms with Crippen LogP contribution in [-0.4, -0.2) is 22.2 Å². The maximum absolute atomic E-state index is 12.1. The van der Waals surface area contributed by atoms with E-state index in [1.54, 1.807) is 12.1 Å². The maximum Gasteiger partial charge on any atom is 0.573 e. The van der Waals surface area contributed by atoms with Crippen LogP contribution in [0.3, 0.4) is 0 Å². The van der Waals surface area contributed by atoms with E-state index in [2.05, 4.69) is 9.72 Å². The zero-order valence-electron chi connectivity index (χ0n) is 9.98. The Morgan fingerprint density at radius 3 is 2.55 bits per heavy atom. The zero-order valence-corrected chi connectivity index (χ0v) is 9.98. The molecule has 0 aliphatic heterocycles. The Balaban J connectivity index is 2.36. The number of rotatable bonds is 3. The van der Waals surface area contributed by atoms with Crippen molar-refractivity contribution < 1.29 is 23.0 Å². The molecule has 2 N–H and O–H groups in total. The topological polar surface area (TPSA) is 66.2 Å². The third-order valence-electron chi connectivity index (χ3n) is 2.39. The molecule has 4 nitrogen and oxygen atoms in total. The molecule has 0 bridgehead atoms. The molecule has 1 heterocycles. The predicted molar refractivity (Wildman–Crippen MR) is 65.0 cm³/mol. The molecular weight excluding hydrogens is 273 g/mol. The number of hydrogen-bond acceptors (Lipinski definition) is 4. The molecule has 1 aromatic carbocycles. The molecule has 1 aromatic heterocycles. The summed E-state index contributed by atoms with van der Waals surface area (Å²) in [6.07, 6.45) is -3.39. The summed E-state index contributed by atoms with van der Waals surface area (Å²) < 4.78 is 40.2. The highest BCUT2D eigenvalue weighted by atomic mass is 19.4. The molecule has 0 saturated heterocycles. The first-order valence-corrected chi connectivity index (χ1v) is 5.46. The van der Waals surface area contributed by atoms with Gasteiger partial charge in [0, 0.05) is 11.8 Å². The van der Waals surface area contributed by atoms with Gasteiger partial charge >= 0.3 is 6.36 Å². The first-order valence-electron chi connectivity index (χ1n) is 5.46. The standard InChI is InChI=1S/C13H9F3N2O2/c14-13(15,16)20-8-4-5-11(19)9(7-8)12(17)10-3-1-2-6-18-10/h1-7,17,19H. The second-order valence-electron chi connectivity index (χ2n) is 3.82. The highest BCUT2D eigenvalue weighted by Crippen LogP contribution is 2.28. The number of nitrogens with one attached hydrogen (secondary N) is 1. The molecule has 0 amide bonds. The number of pyridine rings is 1. The molecule has 2 rings (SSSR count). The van der Waals surface area contributed by atoms with E-state index in [0.717, 1.165) is 18.2 Å². The summed E-state index contributed by atoms with van der Waals surface area (Å²) in [6.45, 7) is 0. The number of alkyl halides is 3. The fourth-order valence-corrected chi connectivity index (χ4v) is 1.56. The maximum atomic E-state index is 12.1. The van der Waals surface area contributed by atoms with Crippen LogP contribution in [0, 0.1) is 5.41 Å². The van der Waals surface area contributed by atoms with Crippen LogP contribution in [0.2, 0.25) is 0 Å². The van der Waals surface area contributed by atoms with E-state index >= 15 is 0 Å². The fraction of sp³-hybridized carbons (Fsp3) is 0.0769. The van der Waals surface area contributed by atoms with Gasteiger partial charge in [0.05, 0.1) is 11.4 Å². The van der Waals surface area contributed by atoms with Gasteiger partial charge < -0.3 is 9.84 Å². The first-order chi connectivity index (χ1) is 9.37. The zero-order chi connectivity index (χ0) is 14.8. The number of hydrogen-bond donors (Lipinski definition) is 2. The summed E-state index contributed by atoms with van der Waals surface area (Å²) in [7, 11) is 0. The number of halogens is 3. The van der Waals surface area contributed by atoms with Crippen molar-refractivity contribution in [1.29, 1.82) is 5.41 Å². The quantitative estimate of drug-likeness (QED) is 0.850. The Bertz CT molecular complexity index is 627. The Hall–Kier alpha value is -2.57. The highest BCUT2D eigenvalue weighted by Gasteiger charge is 2.31. The van der Waals surface area contributed by atoms with Crippen LogP contribution in [0.4, 0.5) is 13.2 Å². The molecule has 0 radical (unpaired) electrons. The average Bonchev–Trinajstić information content (AvgIpc) is 2.40. The molecule has 0 fully saturated rings. The van der Waals surface area contributed by atoms with Crippen LogP contribution < -0.4 is 4.74 Å². The largest absolute Gasteiger partial charge is 0.573 e. The van der Waals surface area contributed by atoms with Crippen molar-refractivity contribution in [3.05, 3.63) is 53.9 Å². The van der Waals surface area contributed by atoms with Crippen LogP contribution in [0.15, 0.2) is 42.6 Å². The van der Waals surface area contributed by atoms with Crippen molar-refractivity contribution in [1.82, 2.24) is 4.98 Å². The lowest BCUT2D eigenvalue weighted by Gasteiger charge is -2.11. The van der Waals surface area contributed by atoms with Gasteiger partial charge in [-0.3, -0.25) is 10.4 Å². The number of aromatic hydroxyl groups is 1. The summed E-state index contributed by atoms with van der Waals surface area (Å²) in [5, 5.41) is 17.5. The van der Waals surface area contributed by atoms with Crippen LogP contribution >= 0.6 is 0 Å². The number of phenols is 1. The van der Waals surface area contributed by atoms with Gasteiger partial charge in [-0.25, -0.2) is 0 Å². The number of ether oxygens (including phenoxy) is 1. The van der Waals surface area contributed by atoms with Gasteiger partial charge in [-0.1, -0.05) is 6.07 Å². The third kappa shape index (κ3) is 3.25. The highest BCUT2D eigenvalue weighted by molar-refractivity contribution is 6.11. The molecule has 0 spiro atoms. The third-order valence-corrected chi connectivity index (χ3v) is 2.39. The van der Waals surface area contributed by atoms with Gasteiger partial charge in [0.2, 0.25) is 0 Å². The van der Waals surface area contributed by atoms with E-state index in [4.69, 9.17) is 5.41 Å². The van der Waals surface area contributed by atoms with Gasteiger partial charge in [0.1, 0.15) is 11.5 Å². The lowest BCUT2D eigenvalue weighted by Crippen LogP contribution is -2.17. The van der Waals surface area contributed by atoms with E-state index in [1.165, 1.54) is 12.3 Å². The molecule has 104 valence electrons. The van der Waals surface area contributed by atoms with Crippen LogP contribution in [0.5, 0.6) is 11.5 Å². The molecule has 0 atom stereocenters. The number of nitrogens with zero attached hydrogens (tertiary/aromatic N) is 1. The summed E-state index contributed by atoms with van der Waals surface area (Å²) in [4.78, 5) is 3.90. The minimum atomic E-state index is -4.83. The Labute approximate surface area is 112 Å². The Morgan fingerprint density at radius 1 is 1.20 bits per heavy atom. The van der Waals surface area contributed by atoms with Crippen molar-refractivity contribution in [3.8, 4) is 11.5 Å². The van der Waals surface area contributed by atoms with Gasteiger partial charge in [0.15, 0.2) is 0 Å². The van der Waals surface area contributed by atoms with Crippen molar-refractivity contribution in [3.63, 3.8) is 0 Å². The van der Waals surface area contributed by atoms with Crippen LogP contribution in [0.25, 0.3) is 0 Å². The van der Waals surface area contributed by atoms with E-state index in [0.29, 0.717) is 0 Å². The van der Waals surface area contributed by atoms with Gasteiger partial charge in [0.25, 0.3) is 0 Å². The lowest BCUT2D eigenvalue weighted by molar-refractivity contribution is -0.274. The van der Waals surface area contributed by atoms with E-state index < -0.39 is 12.1 Å². The summed E-state index contributed by atoms with van der Waals surface area (Å²) in [5.74, 6) is -0.832. The summed E-state index contributed by atoms with van der Waals surface area (Å²) in [6, 6.07) is 7.73. The van der Waals surface area contributed by atoms with Crippen molar-refractivity contribution in [2.24, 2.45) is 0 Å². The Morgan fingerprint density at radius 2 is 1.95 bits per heavy atom. The van der Waals surface area contributed by atoms with Crippen molar-refractivity contribution >= 4 is 5.71 Å². The molecule has 2 aromatic rings. The SMILES string of the molecule is N=C(c1ccccn1)c1cc(OC(F)(F)F)ccc1O. The van der Waals surface area contributed by atoms with Crippen molar-refractivity contribution in [2.45, 2.75) is 6.36 Å². The van der Waals surface area contributed by atoms with E-state index in [1.807, 2.05) is 0 Å². The molecule has 0 saturated carbocycles. The van der Waals surface area contributed by atoms with E-state index in [9.17, 15) is 18.3 Å². The molecule has 0 unspecified atom stereocenters. The predicted octanol–water partition coefficient (Wildman–Crippen LogP) is 3.10. The molecular formula is C13H9F3N2O2. The smallest absolute Gasteiger partial charge is 0.507 e. The minimum Gasteiger partial charge on any atom is -0.507 e. The molecule has 7 heteroatoms. The normalized spacial score (nSPS) is 11.2. The van der Waals surface area contributed by atoms with Crippen LogP contribution in [0.1, 0.15) is 11.3 Å². The van der Waals surface area contributed by atoms with Crippen molar-refractivity contribution in [2.75, 3.05) is 0 Å². The van der Waals surface area contributed by atoms with Crippen LogP contribution in [-0.2, 0) is 0 Å². The second kappa shape index (κ2) is 5.20. The van der Waals surface area contributed by atoms with Gasteiger partial charge in [-0.15, -0.1) is 13.2 Å². The monoisotopic (exact) mass is 282 g/mol. The second-order valence-corrected chi connectivity index (χ2v) is 3.82. The molecule has 20 heavy (non-hydrogen) atoms. The summed E-state index contributed by atoms with van der Waals surface area (Å²) in [5.41, 5.74) is -0.0619. The number of benzene rings is 1. The number of phenolic OH excluding ortho intramolecular Hbond substituents is 1. The first kappa shape index (κ1) is 13.9. The fourth-order valence-electron chi connectivity index (χ4n) is 1.56. The minimum absolute atomic E-state index is 0.0922. The molecule has 0 aliphatic rings. The van der Waals surface area contributed by atoms with E-state index in [-0.39, 0.29) is 22.7 Å². The Kier molecular flexibility index (Phi) is 3.60. The number of aromatic nitrogens is 1. The summed E-state index contributed by atoms with van der Waals surface area (Å²) >= 11 is 0. The molecule has 0 aliphatic carbocycles. The average molecular weight is 282 g/mol. The van der Waals surface area contributed by atoms with Gasteiger partial charge in [-0.05, 0) is 30.3 Å². The van der Waals surface area contributed by atoms with Gasteiger partial charge in [-0.2, -0.15) is 0 Å².